The average molecular weight is 376 g/mol. The Morgan fingerprint density at radius 1 is 1.26 bits per heavy atom. The van der Waals surface area contributed by atoms with Crippen molar-refractivity contribution in [1.82, 2.24) is 10.2 Å². The molecule has 0 spiro atoms. The molecule has 1 aromatic heterocycles. The van der Waals surface area contributed by atoms with Gasteiger partial charge in [-0.15, -0.1) is 0 Å². The monoisotopic (exact) mass is 376 g/mol. The van der Waals surface area contributed by atoms with E-state index in [0.29, 0.717) is 22.6 Å². The number of aryl methyl sites for hydroxylation is 1. The highest BCUT2D eigenvalue weighted by Crippen LogP contribution is 2.17. The van der Waals surface area contributed by atoms with Crippen LogP contribution in [0.5, 0.6) is 0 Å². The first-order valence-electron chi connectivity index (χ1n) is 8.23. The molecule has 0 atom stereocenters. The number of furan rings is 1. The van der Waals surface area contributed by atoms with Gasteiger partial charge in [0.25, 0.3) is 0 Å². The zero-order valence-corrected chi connectivity index (χ0v) is 15.4. The van der Waals surface area contributed by atoms with Crippen LogP contribution in [-0.4, -0.2) is 43.4 Å². The van der Waals surface area contributed by atoms with Gasteiger partial charge in [0.05, 0.1) is 26.6 Å². The molecular weight excluding hydrogens is 355 g/mol. The normalized spacial score (nSPS) is 10.4. The van der Waals surface area contributed by atoms with E-state index in [1.165, 1.54) is 36.3 Å². The van der Waals surface area contributed by atoms with E-state index in [9.17, 15) is 18.8 Å². The highest BCUT2D eigenvalue weighted by Gasteiger charge is 2.18. The molecule has 1 heterocycles. The Morgan fingerprint density at radius 2 is 2.00 bits per heavy atom. The van der Waals surface area contributed by atoms with Crippen molar-refractivity contribution in [2.75, 3.05) is 20.7 Å². The Kier molecular flexibility index (Phi) is 6.70. The van der Waals surface area contributed by atoms with E-state index in [1.54, 1.807) is 20.0 Å². The van der Waals surface area contributed by atoms with Crippen LogP contribution in [0.4, 0.5) is 4.39 Å². The van der Waals surface area contributed by atoms with Crippen molar-refractivity contribution in [3.63, 3.8) is 0 Å². The van der Waals surface area contributed by atoms with Crippen LogP contribution in [-0.2, 0) is 27.3 Å². The molecule has 7 nitrogen and oxygen atoms in total. The van der Waals surface area contributed by atoms with E-state index in [2.05, 4.69) is 10.1 Å². The number of carbonyl (C=O) groups is 3. The summed E-state index contributed by atoms with van der Waals surface area (Å²) in [4.78, 5) is 37.0. The first kappa shape index (κ1) is 20.2. The van der Waals surface area contributed by atoms with Crippen LogP contribution < -0.4 is 5.32 Å². The van der Waals surface area contributed by atoms with Gasteiger partial charge in [-0.2, -0.15) is 0 Å². The van der Waals surface area contributed by atoms with Crippen molar-refractivity contribution < 1.29 is 27.9 Å². The zero-order chi connectivity index (χ0) is 20.0. The molecule has 27 heavy (non-hydrogen) atoms. The highest BCUT2D eigenvalue weighted by molar-refractivity contribution is 5.90. The molecule has 2 amide bonds. The van der Waals surface area contributed by atoms with Crippen LogP contribution >= 0.6 is 0 Å². The molecule has 0 unspecified atom stereocenters. The molecule has 0 fully saturated rings. The summed E-state index contributed by atoms with van der Waals surface area (Å²) in [6.45, 7) is 1.56. The molecule has 144 valence electrons. The molecular formula is C19H21FN2O5. The van der Waals surface area contributed by atoms with Crippen molar-refractivity contribution >= 4 is 17.8 Å². The van der Waals surface area contributed by atoms with Crippen molar-refractivity contribution in [2.45, 2.75) is 19.9 Å². The van der Waals surface area contributed by atoms with Gasteiger partial charge in [-0.25, -0.2) is 9.18 Å². The summed E-state index contributed by atoms with van der Waals surface area (Å²) in [6, 6.07) is 7.24. The molecule has 2 rings (SSSR count). The second kappa shape index (κ2) is 8.98. The van der Waals surface area contributed by atoms with E-state index < -0.39 is 11.8 Å². The minimum atomic E-state index is -0.513. The molecule has 8 heteroatoms. The van der Waals surface area contributed by atoms with Crippen LogP contribution in [0.2, 0.25) is 0 Å². The molecule has 1 N–H and O–H groups in total. The predicted molar refractivity (Wildman–Crippen MR) is 94.4 cm³/mol. The smallest absolute Gasteiger partial charge is 0.341 e. The molecule has 0 radical (unpaired) electrons. The van der Waals surface area contributed by atoms with Gasteiger partial charge in [0.15, 0.2) is 0 Å². The van der Waals surface area contributed by atoms with E-state index in [1.807, 2.05) is 0 Å². The van der Waals surface area contributed by atoms with Gasteiger partial charge in [0.1, 0.15) is 22.9 Å². The maximum absolute atomic E-state index is 13.1. The van der Waals surface area contributed by atoms with Gasteiger partial charge in [-0.1, -0.05) is 12.1 Å². The van der Waals surface area contributed by atoms with Crippen LogP contribution in [0.25, 0.3) is 0 Å². The fourth-order valence-corrected chi connectivity index (χ4v) is 2.46. The van der Waals surface area contributed by atoms with Crippen molar-refractivity contribution in [2.24, 2.45) is 0 Å². The predicted octanol–water partition coefficient (Wildman–Crippen LogP) is 1.83. The third kappa shape index (κ3) is 5.67. The Bertz CT molecular complexity index is 846. The average Bonchev–Trinajstić information content (AvgIpc) is 2.99. The molecule has 0 bridgehead atoms. The second-order valence-electron chi connectivity index (χ2n) is 6.01. The number of esters is 1. The molecule has 2 aromatic rings. The zero-order valence-electron chi connectivity index (χ0n) is 15.4. The number of nitrogens with one attached hydrogen (secondary N) is 1. The molecule has 0 aliphatic rings. The second-order valence-corrected chi connectivity index (χ2v) is 6.01. The molecule has 0 aliphatic heterocycles. The number of carbonyl (C=O) groups excluding carboxylic acids is 3. The number of halogens is 1. The van der Waals surface area contributed by atoms with Gasteiger partial charge in [0, 0.05) is 7.05 Å². The number of methoxy groups -OCH3 is 1. The highest BCUT2D eigenvalue weighted by atomic mass is 19.1. The lowest BCUT2D eigenvalue weighted by Crippen LogP contribution is -2.38. The lowest BCUT2D eigenvalue weighted by molar-refractivity contribution is -0.132. The van der Waals surface area contributed by atoms with Gasteiger partial charge in [-0.05, 0) is 30.7 Å². The minimum Gasteiger partial charge on any atom is -0.465 e. The largest absolute Gasteiger partial charge is 0.465 e. The van der Waals surface area contributed by atoms with Crippen molar-refractivity contribution in [1.29, 1.82) is 0 Å². The maximum atomic E-state index is 13.1. The quantitative estimate of drug-likeness (QED) is 0.745. The Labute approximate surface area is 156 Å². The van der Waals surface area contributed by atoms with E-state index in [-0.39, 0.29) is 31.3 Å². The first-order chi connectivity index (χ1) is 12.8. The topological polar surface area (TPSA) is 88.9 Å². The maximum Gasteiger partial charge on any atom is 0.341 e. The third-order valence-corrected chi connectivity index (χ3v) is 3.88. The van der Waals surface area contributed by atoms with E-state index >= 15 is 0 Å². The van der Waals surface area contributed by atoms with Crippen molar-refractivity contribution in [3.8, 4) is 0 Å². The number of nitrogens with zero attached hydrogens (tertiary/aromatic N) is 1. The summed E-state index contributed by atoms with van der Waals surface area (Å²) >= 11 is 0. The number of benzene rings is 1. The Hall–Kier alpha value is -3.16. The summed E-state index contributed by atoms with van der Waals surface area (Å²) in [7, 11) is 2.83. The summed E-state index contributed by atoms with van der Waals surface area (Å²) < 4.78 is 23.2. The van der Waals surface area contributed by atoms with Gasteiger partial charge < -0.3 is 19.4 Å². The summed E-state index contributed by atoms with van der Waals surface area (Å²) in [6.07, 6.45) is -0.0192. The van der Waals surface area contributed by atoms with Crippen LogP contribution in [0.3, 0.4) is 0 Å². The number of likely N-dealkylation sites (N-methyl/N-ethyl adjacent to an activating group) is 1. The van der Waals surface area contributed by atoms with Crippen LogP contribution in [0, 0.1) is 12.7 Å². The minimum absolute atomic E-state index is 0.0192. The van der Waals surface area contributed by atoms with Gasteiger partial charge in [0.2, 0.25) is 11.8 Å². The third-order valence-electron chi connectivity index (χ3n) is 3.88. The summed E-state index contributed by atoms with van der Waals surface area (Å²) in [5.41, 5.74) is 0.825. The molecule has 1 aromatic carbocycles. The SMILES string of the molecule is COC(=O)c1cc(CN(C)C(=O)CNC(=O)Cc2cccc(F)c2)oc1C. The number of amides is 2. The Morgan fingerprint density at radius 3 is 2.67 bits per heavy atom. The number of ether oxygens (including phenoxy) is 1. The molecule has 0 aliphatic carbocycles. The summed E-state index contributed by atoms with van der Waals surface area (Å²) in [5, 5.41) is 2.50. The van der Waals surface area contributed by atoms with Crippen LogP contribution in [0.1, 0.15) is 27.4 Å². The van der Waals surface area contributed by atoms with Crippen molar-refractivity contribution in [3.05, 3.63) is 58.8 Å². The Balaban J connectivity index is 1.85. The van der Waals surface area contributed by atoms with E-state index in [0.717, 1.165) is 0 Å². The fraction of sp³-hybridized carbons (Fsp3) is 0.316. The number of hydrogen-bond donors (Lipinski definition) is 1. The fourth-order valence-electron chi connectivity index (χ4n) is 2.46. The molecule has 0 saturated carbocycles. The lowest BCUT2D eigenvalue weighted by Gasteiger charge is -2.16. The number of hydrogen-bond acceptors (Lipinski definition) is 5. The standard InChI is InChI=1S/C19H21FN2O5/c1-12-16(19(25)26-3)9-15(27-12)11-22(2)18(24)10-21-17(23)8-13-5-4-6-14(20)7-13/h4-7,9H,8,10-11H2,1-3H3,(H,21,23). The van der Waals surface area contributed by atoms with Crippen LogP contribution in [0.15, 0.2) is 34.7 Å². The molecule has 0 saturated heterocycles. The lowest BCUT2D eigenvalue weighted by atomic mass is 10.1. The number of rotatable bonds is 7. The summed E-state index contributed by atoms with van der Waals surface area (Å²) in [5.74, 6) is -0.825. The van der Waals surface area contributed by atoms with E-state index in [4.69, 9.17) is 4.42 Å². The first-order valence-corrected chi connectivity index (χ1v) is 8.23. The van der Waals surface area contributed by atoms with Gasteiger partial charge >= 0.3 is 5.97 Å². The van der Waals surface area contributed by atoms with Gasteiger partial charge in [-0.3, -0.25) is 9.59 Å².